The number of rotatable bonds is 5. The van der Waals surface area contributed by atoms with E-state index in [-0.39, 0.29) is 11.8 Å². The molecule has 1 aromatic heterocycles. The lowest BCUT2D eigenvalue weighted by atomic mass is 10.1. The molecule has 0 atom stereocenters. The van der Waals surface area contributed by atoms with Gasteiger partial charge in [0.05, 0.1) is 6.20 Å². The van der Waals surface area contributed by atoms with Gasteiger partial charge in [0.1, 0.15) is 5.69 Å². The molecule has 6 nitrogen and oxygen atoms in total. The van der Waals surface area contributed by atoms with Gasteiger partial charge in [-0.05, 0) is 37.0 Å². The third-order valence-electron chi connectivity index (χ3n) is 4.87. The number of carbonyl (C=O) groups is 2. The summed E-state index contributed by atoms with van der Waals surface area (Å²) >= 11 is 0. The normalized spacial score (nSPS) is 14.7. The zero-order valence-corrected chi connectivity index (χ0v) is 15.8. The number of aryl methyl sites for hydroxylation is 1. The molecular weight excluding hydrogens is 340 g/mol. The van der Waals surface area contributed by atoms with Gasteiger partial charge in [0, 0.05) is 44.1 Å². The van der Waals surface area contributed by atoms with Crippen LogP contribution in [0.3, 0.4) is 0 Å². The number of amides is 2. The van der Waals surface area contributed by atoms with Crippen molar-refractivity contribution in [3.05, 3.63) is 59.7 Å². The Kier molecular flexibility index (Phi) is 6.52. The molecule has 0 radical (unpaired) electrons. The average Bonchev–Trinajstić information content (AvgIpc) is 2.98. The van der Waals surface area contributed by atoms with Crippen molar-refractivity contribution in [3.63, 3.8) is 0 Å². The lowest BCUT2D eigenvalue weighted by Crippen LogP contribution is -2.37. The van der Waals surface area contributed by atoms with E-state index < -0.39 is 0 Å². The minimum absolute atomic E-state index is 0.0332. The van der Waals surface area contributed by atoms with E-state index in [9.17, 15) is 9.59 Å². The molecule has 0 N–H and O–H groups in total. The smallest absolute Gasteiger partial charge is 0.274 e. The van der Waals surface area contributed by atoms with Crippen molar-refractivity contribution in [1.82, 2.24) is 19.8 Å². The van der Waals surface area contributed by atoms with Crippen LogP contribution in [0.25, 0.3) is 0 Å². The zero-order chi connectivity index (χ0) is 19.1. The van der Waals surface area contributed by atoms with Crippen molar-refractivity contribution in [2.24, 2.45) is 0 Å². The van der Waals surface area contributed by atoms with Gasteiger partial charge in [0.2, 0.25) is 0 Å². The molecule has 27 heavy (non-hydrogen) atoms. The molecule has 1 fully saturated rings. The van der Waals surface area contributed by atoms with Crippen molar-refractivity contribution in [3.8, 4) is 0 Å². The fourth-order valence-corrected chi connectivity index (χ4v) is 3.27. The number of unbranched alkanes of at least 4 members (excludes halogenated alkanes) is 1. The monoisotopic (exact) mass is 366 g/mol. The van der Waals surface area contributed by atoms with Crippen LogP contribution >= 0.6 is 0 Å². The highest BCUT2D eigenvalue weighted by atomic mass is 16.2. The first-order valence-electron chi connectivity index (χ1n) is 9.62. The highest BCUT2D eigenvalue weighted by Gasteiger charge is 2.24. The van der Waals surface area contributed by atoms with E-state index in [1.54, 1.807) is 11.1 Å². The van der Waals surface area contributed by atoms with E-state index >= 15 is 0 Å². The predicted octanol–water partition coefficient (Wildman–Crippen LogP) is 2.81. The summed E-state index contributed by atoms with van der Waals surface area (Å²) in [7, 11) is 0. The van der Waals surface area contributed by atoms with Crippen LogP contribution in [0.5, 0.6) is 0 Å². The van der Waals surface area contributed by atoms with Crippen LogP contribution < -0.4 is 0 Å². The Balaban J connectivity index is 1.60. The molecular formula is C21H26N4O2. The quantitative estimate of drug-likeness (QED) is 0.816. The molecule has 1 aliphatic heterocycles. The van der Waals surface area contributed by atoms with Crippen molar-refractivity contribution in [2.45, 2.75) is 32.6 Å². The van der Waals surface area contributed by atoms with Gasteiger partial charge in [-0.1, -0.05) is 25.5 Å². The first-order valence-corrected chi connectivity index (χ1v) is 9.62. The van der Waals surface area contributed by atoms with Gasteiger partial charge < -0.3 is 9.80 Å². The average molecular weight is 366 g/mol. The molecule has 6 heteroatoms. The summed E-state index contributed by atoms with van der Waals surface area (Å²) < 4.78 is 0. The van der Waals surface area contributed by atoms with Crippen LogP contribution in [-0.2, 0) is 6.42 Å². The van der Waals surface area contributed by atoms with E-state index in [0.29, 0.717) is 37.4 Å². The van der Waals surface area contributed by atoms with Crippen LogP contribution in [0.4, 0.5) is 0 Å². The van der Waals surface area contributed by atoms with Gasteiger partial charge in [0.15, 0.2) is 0 Å². The van der Waals surface area contributed by atoms with Gasteiger partial charge in [-0.2, -0.15) is 0 Å². The van der Waals surface area contributed by atoms with E-state index in [2.05, 4.69) is 16.9 Å². The maximum Gasteiger partial charge on any atom is 0.274 e. The molecule has 1 saturated heterocycles. The van der Waals surface area contributed by atoms with Crippen LogP contribution in [-0.4, -0.2) is 57.8 Å². The zero-order valence-electron chi connectivity index (χ0n) is 15.8. The molecule has 2 heterocycles. The lowest BCUT2D eigenvalue weighted by molar-refractivity contribution is 0.0715. The minimum atomic E-state index is -0.127. The fourth-order valence-electron chi connectivity index (χ4n) is 3.27. The maximum absolute atomic E-state index is 12.8. The van der Waals surface area contributed by atoms with Gasteiger partial charge in [-0.15, -0.1) is 0 Å². The Morgan fingerprint density at radius 3 is 2.30 bits per heavy atom. The Hall–Kier alpha value is -2.76. The lowest BCUT2D eigenvalue weighted by Gasteiger charge is -2.22. The largest absolute Gasteiger partial charge is 0.337 e. The number of carbonyl (C=O) groups excluding carboxylic acids is 2. The van der Waals surface area contributed by atoms with Crippen molar-refractivity contribution in [1.29, 1.82) is 0 Å². The van der Waals surface area contributed by atoms with Gasteiger partial charge >= 0.3 is 0 Å². The molecule has 1 aliphatic rings. The summed E-state index contributed by atoms with van der Waals surface area (Å²) in [5.41, 5.74) is 2.33. The number of benzene rings is 1. The summed E-state index contributed by atoms with van der Waals surface area (Å²) in [6, 6.07) is 7.93. The number of nitrogens with zero attached hydrogens (tertiary/aromatic N) is 4. The number of aromatic nitrogens is 2. The van der Waals surface area contributed by atoms with Gasteiger partial charge in [-0.25, -0.2) is 4.98 Å². The molecule has 0 aliphatic carbocycles. The summed E-state index contributed by atoms with van der Waals surface area (Å²) in [5, 5.41) is 0. The highest BCUT2D eigenvalue weighted by molar-refractivity contribution is 5.94. The highest BCUT2D eigenvalue weighted by Crippen LogP contribution is 2.13. The standard InChI is InChI=1S/C21H26N4O2/c1-2-3-5-17-6-8-18(9-7-17)20(26)24-12-4-13-25(15-14-24)21(27)19-16-22-10-11-23-19/h6-11,16H,2-5,12-15H2,1H3. The molecule has 142 valence electrons. The van der Waals surface area contributed by atoms with E-state index in [1.165, 1.54) is 18.0 Å². The Labute approximate surface area is 160 Å². The van der Waals surface area contributed by atoms with Crippen LogP contribution in [0, 0.1) is 0 Å². The Morgan fingerprint density at radius 2 is 1.67 bits per heavy atom. The topological polar surface area (TPSA) is 66.4 Å². The summed E-state index contributed by atoms with van der Waals surface area (Å²) in [4.78, 5) is 37.0. The molecule has 1 aromatic carbocycles. The Morgan fingerprint density at radius 1 is 0.963 bits per heavy atom. The first-order chi connectivity index (χ1) is 13.2. The van der Waals surface area contributed by atoms with Crippen molar-refractivity contribution in [2.75, 3.05) is 26.2 Å². The molecule has 2 aromatic rings. The molecule has 0 bridgehead atoms. The second-order valence-corrected chi connectivity index (χ2v) is 6.83. The second-order valence-electron chi connectivity index (χ2n) is 6.83. The Bertz CT molecular complexity index is 762. The van der Waals surface area contributed by atoms with E-state index in [0.717, 1.165) is 25.7 Å². The SMILES string of the molecule is CCCCc1ccc(C(=O)N2CCCN(C(=O)c3cnccn3)CC2)cc1. The van der Waals surface area contributed by atoms with Gasteiger partial charge in [-0.3, -0.25) is 14.6 Å². The summed E-state index contributed by atoms with van der Waals surface area (Å²) in [5.74, 6) is -0.0940. The first kappa shape index (κ1) is 19.0. The summed E-state index contributed by atoms with van der Waals surface area (Å²) in [6.07, 6.45) is 8.68. The van der Waals surface area contributed by atoms with Crippen LogP contribution in [0.2, 0.25) is 0 Å². The van der Waals surface area contributed by atoms with E-state index in [4.69, 9.17) is 0 Å². The third kappa shape index (κ3) is 4.90. The molecule has 0 spiro atoms. The van der Waals surface area contributed by atoms with Gasteiger partial charge in [0.25, 0.3) is 11.8 Å². The van der Waals surface area contributed by atoms with E-state index in [1.807, 2.05) is 29.2 Å². The van der Waals surface area contributed by atoms with Crippen LogP contribution in [0.15, 0.2) is 42.9 Å². The third-order valence-corrected chi connectivity index (χ3v) is 4.87. The minimum Gasteiger partial charge on any atom is -0.337 e. The number of hydrogen-bond acceptors (Lipinski definition) is 4. The molecule has 0 unspecified atom stereocenters. The molecule has 2 amide bonds. The second kappa shape index (κ2) is 9.26. The summed E-state index contributed by atoms with van der Waals surface area (Å²) in [6.45, 7) is 4.49. The van der Waals surface area contributed by atoms with Crippen molar-refractivity contribution < 1.29 is 9.59 Å². The predicted molar refractivity (Wildman–Crippen MR) is 104 cm³/mol. The number of hydrogen-bond donors (Lipinski definition) is 0. The maximum atomic E-state index is 12.8. The molecule has 0 saturated carbocycles. The van der Waals surface area contributed by atoms with Crippen molar-refractivity contribution >= 4 is 11.8 Å². The van der Waals surface area contributed by atoms with Crippen LogP contribution in [0.1, 0.15) is 52.6 Å². The fraction of sp³-hybridized carbons (Fsp3) is 0.429. The molecule has 3 rings (SSSR count).